The quantitative estimate of drug-likeness (QED) is 0.0317. The summed E-state index contributed by atoms with van der Waals surface area (Å²) in [5.41, 5.74) is 3.39. The van der Waals surface area contributed by atoms with Gasteiger partial charge in [-0.05, 0) is 24.7 Å². The van der Waals surface area contributed by atoms with Gasteiger partial charge in [-0.1, -0.05) is 302 Å². The minimum absolute atomic E-state index is 0.182. The van der Waals surface area contributed by atoms with Crippen LogP contribution in [0.3, 0.4) is 0 Å². The predicted octanol–water partition coefficient (Wildman–Crippen LogP) is 17.0. The van der Waals surface area contributed by atoms with Crippen molar-refractivity contribution in [1.29, 1.82) is 0 Å². The van der Waals surface area contributed by atoms with Crippen molar-refractivity contribution < 1.29 is 67.2 Å². The van der Waals surface area contributed by atoms with Crippen molar-refractivity contribution >= 4 is 11.9 Å². The van der Waals surface area contributed by atoms with Crippen molar-refractivity contribution in [3.63, 3.8) is 0 Å². The van der Waals surface area contributed by atoms with Gasteiger partial charge in [-0.3, -0.25) is 9.59 Å². The molecular formula is C76H110O14. The Morgan fingerprint density at radius 2 is 0.667 bits per heavy atom. The zero-order chi connectivity index (χ0) is 62.8. The topological polar surface area (TPSA) is 167 Å². The molecule has 0 spiro atoms. The molecule has 4 aliphatic heterocycles. The molecule has 14 heteroatoms. The number of esters is 2. The Hall–Kier alpha value is -4.58. The second-order valence-corrected chi connectivity index (χ2v) is 25.8. The average molecular weight is 1250 g/mol. The molecule has 4 saturated heterocycles. The highest BCUT2D eigenvalue weighted by atomic mass is 16.8. The fourth-order valence-corrected chi connectivity index (χ4v) is 13.5. The SMILES string of the molecule is CCCCCC(CCCCCCCCCCCC(=O)OCC(O)C1OC(c2ccccc2)OC2COC(c3ccccc3)OC21)C(CCCCC)CCCCCCCCCCCC(=O)OCC(O)C1OC(c2ccccc2)OC2COC(c3ccccc3)OC21. The standard InChI is InChI=1S/C76H110O14/c1-3-5-25-39-57(41-27-17-13-9-7-11-15-19-37-51-67(79)81-53-63(77)69-71-65(85-75(87-69)61-47-33-23-34-48-61)55-83-73(89-71)59-43-29-21-30-44-59)58(40-26-6-4-2)42-28-18-14-10-8-12-16-20-38-52-68(80)82-54-64(78)70-72-66(86-76(88-70)62-49-35-24-36-50-62)56-84-74(90-72)60-45-31-22-32-46-60/h21-24,29-36,43-50,57-58,63-66,69-78H,3-20,25-28,37-42,51-56H2,1-2H3. The Labute approximate surface area is 539 Å². The van der Waals surface area contributed by atoms with Crippen molar-refractivity contribution in [2.75, 3.05) is 26.4 Å². The summed E-state index contributed by atoms with van der Waals surface area (Å²) in [6.45, 7) is 4.84. The number of hydrogen-bond donors (Lipinski definition) is 2. The Balaban J connectivity index is 0.643. The van der Waals surface area contributed by atoms with Crippen LogP contribution in [0.4, 0.5) is 0 Å². The summed E-state index contributed by atoms with van der Waals surface area (Å²) in [5.74, 6) is 1.10. The van der Waals surface area contributed by atoms with Crippen molar-refractivity contribution in [3.05, 3.63) is 144 Å². The monoisotopic (exact) mass is 1250 g/mol. The smallest absolute Gasteiger partial charge is 0.305 e. The predicted molar refractivity (Wildman–Crippen MR) is 349 cm³/mol. The molecule has 8 rings (SSSR count). The van der Waals surface area contributed by atoms with Gasteiger partial charge in [0.25, 0.3) is 0 Å². The highest BCUT2D eigenvalue weighted by Gasteiger charge is 2.50. The minimum Gasteiger partial charge on any atom is -0.463 e. The van der Waals surface area contributed by atoms with E-state index in [1.807, 2.05) is 121 Å². The molecule has 2 N–H and O–H groups in total. The summed E-state index contributed by atoms with van der Waals surface area (Å²) in [7, 11) is 0. The van der Waals surface area contributed by atoms with Crippen LogP contribution >= 0.6 is 0 Å². The highest BCUT2D eigenvalue weighted by Crippen LogP contribution is 2.41. The maximum atomic E-state index is 12.9. The highest BCUT2D eigenvalue weighted by molar-refractivity contribution is 5.69. The van der Waals surface area contributed by atoms with E-state index in [4.69, 9.17) is 47.4 Å². The van der Waals surface area contributed by atoms with E-state index < -0.39 is 74.0 Å². The summed E-state index contributed by atoms with van der Waals surface area (Å²) < 4.78 is 61.4. The molecule has 0 aromatic heterocycles. The van der Waals surface area contributed by atoms with Crippen LogP contribution in [0.2, 0.25) is 0 Å². The number of unbranched alkanes of at least 4 members (excludes halogenated alkanes) is 20. The molecule has 14 nitrogen and oxygen atoms in total. The van der Waals surface area contributed by atoms with Gasteiger partial charge >= 0.3 is 11.9 Å². The van der Waals surface area contributed by atoms with Crippen molar-refractivity contribution in [3.8, 4) is 0 Å². The van der Waals surface area contributed by atoms with Gasteiger partial charge in [-0.2, -0.15) is 0 Å². The lowest BCUT2D eigenvalue weighted by Gasteiger charge is -2.47. The summed E-state index contributed by atoms with van der Waals surface area (Å²) in [5, 5.41) is 22.9. The van der Waals surface area contributed by atoms with Crippen LogP contribution in [0.1, 0.15) is 254 Å². The molecule has 4 fully saturated rings. The molecule has 14 atom stereocenters. The maximum absolute atomic E-state index is 12.9. The third-order valence-corrected chi connectivity index (χ3v) is 18.7. The fraction of sp³-hybridized carbons (Fsp3) is 0.658. The van der Waals surface area contributed by atoms with Gasteiger partial charge in [-0.15, -0.1) is 0 Å². The van der Waals surface area contributed by atoms with Gasteiger partial charge in [-0.25, -0.2) is 0 Å². The van der Waals surface area contributed by atoms with Crippen LogP contribution < -0.4 is 0 Å². The van der Waals surface area contributed by atoms with Crippen LogP contribution in [-0.4, -0.2) is 97.4 Å². The lowest BCUT2D eigenvalue weighted by atomic mass is 9.78. The number of ether oxygens (including phenoxy) is 10. The zero-order valence-corrected chi connectivity index (χ0v) is 54.5. The van der Waals surface area contributed by atoms with Gasteiger partial charge in [0, 0.05) is 35.1 Å². The lowest BCUT2D eigenvalue weighted by molar-refractivity contribution is -0.373. The van der Waals surface area contributed by atoms with Gasteiger partial charge in [0.2, 0.25) is 0 Å². The van der Waals surface area contributed by atoms with Crippen molar-refractivity contribution in [1.82, 2.24) is 0 Å². The molecule has 4 aliphatic rings. The average Bonchev–Trinajstić information content (AvgIpc) is 0.826. The number of aliphatic hydroxyl groups is 2. The van der Waals surface area contributed by atoms with E-state index in [0.29, 0.717) is 12.8 Å². The van der Waals surface area contributed by atoms with E-state index in [9.17, 15) is 19.8 Å². The Morgan fingerprint density at radius 1 is 0.378 bits per heavy atom. The van der Waals surface area contributed by atoms with E-state index in [2.05, 4.69) is 13.8 Å². The molecule has 498 valence electrons. The molecule has 0 radical (unpaired) electrons. The van der Waals surface area contributed by atoms with E-state index in [0.717, 1.165) is 72.6 Å². The third kappa shape index (κ3) is 24.1. The number of hydrogen-bond acceptors (Lipinski definition) is 14. The zero-order valence-electron chi connectivity index (χ0n) is 54.5. The lowest BCUT2D eigenvalue weighted by Crippen LogP contribution is -2.58. The number of fused-ring (bicyclic) bond motifs is 2. The number of rotatable bonds is 43. The molecule has 0 saturated carbocycles. The van der Waals surface area contributed by atoms with Crippen LogP contribution in [0.5, 0.6) is 0 Å². The largest absolute Gasteiger partial charge is 0.463 e. The van der Waals surface area contributed by atoms with Crippen LogP contribution in [0.15, 0.2) is 121 Å². The van der Waals surface area contributed by atoms with Crippen LogP contribution in [-0.2, 0) is 57.0 Å². The second-order valence-electron chi connectivity index (χ2n) is 25.8. The minimum atomic E-state index is -1.11. The molecule has 14 unspecified atom stereocenters. The van der Waals surface area contributed by atoms with E-state index in [1.54, 1.807) is 0 Å². The van der Waals surface area contributed by atoms with Crippen LogP contribution in [0.25, 0.3) is 0 Å². The molecule has 90 heavy (non-hydrogen) atoms. The number of carbonyl (C=O) groups excluding carboxylic acids is 2. The second kappa shape index (κ2) is 41.2. The van der Waals surface area contributed by atoms with E-state index >= 15 is 0 Å². The normalized spacial score (nSPS) is 24.7. The van der Waals surface area contributed by atoms with Gasteiger partial charge in [0.05, 0.1) is 13.2 Å². The summed E-state index contributed by atoms with van der Waals surface area (Å²) in [4.78, 5) is 25.8. The fourth-order valence-electron chi connectivity index (χ4n) is 13.5. The van der Waals surface area contributed by atoms with Crippen molar-refractivity contribution in [2.45, 2.75) is 280 Å². The summed E-state index contributed by atoms with van der Waals surface area (Å²) in [6.07, 6.45) is 26.7. The number of aliphatic hydroxyl groups excluding tert-OH is 2. The van der Waals surface area contributed by atoms with Gasteiger partial charge in [0.15, 0.2) is 25.2 Å². The molecule has 0 aliphatic carbocycles. The first kappa shape index (κ1) is 71.3. The number of benzene rings is 4. The van der Waals surface area contributed by atoms with Crippen molar-refractivity contribution in [2.24, 2.45) is 11.8 Å². The molecule has 4 aromatic rings. The first-order valence-electron chi connectivity index (χ1n) is 35.3. The molecule has 0 amide bonds. The summed E-state index contributed by atoms with van der Waals surface area (Å²) in [6, 6.07) is 38.6. The van der Waals surface area contributed by atoms with E-state index in [1.165, 1.54) is 141 Å². The third-order valence-electron chi connectivity index (χ3n) is 18.7. The Morgan fingerprint density at radius 3 is 0.989 bits per heavy atom. The molecule has 0 bridgehead atoms. The van der Waals surface area contributed by atoms with Crippen LogP contribution in [0, 0.1) is 11.8 Å². The molecular weight excluding hydrogens is 1140 g/mol. The Kier molecular flexibility index (Phi) is 32.6. The first-order valence-corrected chi connectivity index (χ1v) is 35.3. The molecule has 4 aromatic carbocycles. The van der Waals surface area contributed by atoms with Gasteiger partial charge < -0.3 is 57.6 Å². The Bertz CT molecular complexity index is 2330. The van der Waals surface area contributed by atoms with Gasteiger partial charge in [0.1, 0.15) is 62.0 Å². The first-order chi connectivity index (χ1) is 44.3. The number of carbonyl (C=O) groups is 2. The summed E-state index contributed by atoms with van der Waals surface area (Å²) >= 11 is 0. The molecule has 4 heterocycles. The van der Waals surface area contributed by atoms with E-state index in [-0.39, 0.29) is 38.4 Å². The maximum Gasteiger partial charge on any atom is 0.305 e.